The molecule has 9 heteroatoms. The van der Waals surface area contributed by atoms with Gasteiger partial charge in [0.25, 0.3) is 7.82 Å². The van der Waals surface area contributed by atoms with Crippen molar-refractivity contribution in [1.29, 1.82) is 0 Å². The molecule has 8 nitrogen and oxygen atoms in total. The maximum Gasteiger partial charge on any atom is 0.268 e. The molecule has 0 heterocycles. The summed E-state index contributed by atoms with van der Waals surface area (Å²) in [5, 5.41) is 13.6. The molecule has 0 aliphatic rings. The third-order valence-electron chi connectivity index (χ3n) is 9.75. The molecular weight excluding hydrogens is 659 g/mol. The number of phosphoric acid groups is 1. The molecule has 0 saturated carbocycles. The lowest BCUT2D eigenvalue weighted by molar-refractivity contribution is -0.870. The summed E-state index contributed by atoms with van der Waals surface area (Å²) in [6, 6.07) is -0.877. The van der Waals surface area contributed by atoms with Crippen LogP contribution >= 0.6 is 7.82 Å². The van der Waals surface area contributed by atoms with Crippen molar-refractivity contribution >= 4 is 13.7 Å². The molecule has 3 atom stereocenters. The number of quaternary nitrogens is 1. The van der Waals surface area contributed by atoms with E-state index in [0.717, 1.165) is 51.4 Å². The quantitative estimate of drug-likeness (QED) is 0.0281. The minimum Gasteiger partial charge on any atom is -0.756 e. The Morgan fingerprint density at radius 1 is 0.667 bits per heavy atom. The van der Waals surface area contributed by atoms with Crippen molar-refractivity contribution in [2.45, 2.75) is 212 Å². The fraction of sp³-hybridized carbons (Fsp3) is 0.929. The van der Waals surface area contributed by atoms with Crippen LogP contribution in [0.2, 0.25) is 0 Å². The molecule has 304 valence electrons. The van der Waals surface area contributed by atoms with Gasteiger partial charge in [0.05, 0.1) is 39.9 Å². The Hall–Kier alpha value is -0.760. The third kappa shape index (κ3) is 37.4. The molecule has 0 fully saturated rings. The highest BCUT2D eigenvalue weighted by atomic mass is 31.2. The van der Waals surface area contributed by atoms with Gasteiger partial charge in [-0.15, -0.1) is 0 Å². The summed E-state index contributed by atoms with van der Waals surface area (Å²) in [4.78, 5) is 24.9. The van der Waals surface area contributed by atoms with E-state index in [4.69, 9.17) is 9.05 Å². The largest absolute Gasteiger partial charge is 0.756 e. The Bertz CT molecular complexity index is 850. The second kappa shape index (κ2) is 35.0. The van der Waals surface area contributed by atoms with Gasteiger partial charge in [-0.25, -0.2) is 0 Å². The Morgan fingerprint density at radius 2 is 1.06 bits per heavy atom. The molecule has 51 heavy (non-hydrogen) atoms. The number of amides is 1. The lowest BCUT2D eigenvalue weighted by Crippen LogP contribution is -2.45. The number of nitrogens with zero attached hydrogens (tertiary/aromatic N) is 1. The highest BCUT2D eigenvalue weighted by molar-refractivity contribution is 7.45. The average molecular weight is 745 g/mol. The number of nitrogens with one attached hydrogen (secondary N) is 1. The molecular formula is C42H85N2O6P. The van der Waals surface area contributed by atoms with Crippen LogP contribution in [0.5, 0.6) is 0 Å². The summed E-state index contributed by atoms with van der Waals surface area (Å²) < 4.78 is 23.0. The van der Waals surface area contributed by atoms with Crippen LogP contribution in [-0.4, -0.2) is 68.5 Å². The van der Waals surface area contributed by atoms with E-state index in [1.165, 1.54) is 128 Å². The summed E-state index contributed by atoms with van der Waals surface area (Å²) in [6.45, 7) is 4.56. The zero-order chi connectivity index (χ0) is 37.9. The Kier molecular flexibility index (Phi) is 34.5. The van der Waals surface area contributed by atoms with E-state index in [2.05, 4.69) is 19.2 Å². The van der Waals surface area contributed by atoms with Crippen molar-refractivity contribution in [2.75, 3.05) is 40.9 Å². The molecule has 3 unspecified atom stereocenters. The molecule has 0 aromatic heterocycles. The average Bonchev–Trinajstić information content (AvgIpc) is 3.07. The summed E-state index contributed by atoms with van der Waals surface area (Å²) >= 11 is 0. The lowest BCUT2D eigenvalue weighted by atomic mass is 10.0. The normalized spacial score (nSPS) is 14.6. The van der Waals surface area contributed by atoms with Gasteiger partial charge in [-0.2, -0.15) is 0 Å². The second-order valence-corrected chi connectivity index (χ2v) is 17.5. The smallest absolute Gasteiger partial charge is 0.268 e. The molecule has 0 bridgehead atoms. The predicted octanol–water partition coefficient (Wildman–Crippen LogP) is 10.9. The minimum absolute atomic E-state index is 0.00105. The van der Waals surface area contributed by atoms with E-state index in [-0.39, 0.29) is 19.1 Å². The van der Waals surface area contributed by atoms with Crippen molar-refractivity contribution in [3.63, 3.8) is 0 Å². The number of hydrogen-bond donors (Lipinski definition) is 2. The third-order valence-corrected chi connectivity index (χ3v) is 10.7. The Balaban J connectivity index is 4.09. The second-order valence-electron chi connectivity index (χ2n) is 16.1. The lowest BCUT2D eigenvalue weighted by Gasteiger charge is -2.29. The van der Waals surface area contributed by atoms with Crippen LogP contribution in [0.15, 0.2) is 12.2 Å². The van der Waals surface area contributed by atoms with Gasteiger partial charge in [0.2, 0.25) is 5.91 Å². The van der Waals surface area contributed by atoms with E-state index in [9.17, 15) is 19.4 Å². The molecule has 0 aromatic carbocycles. The maximum atomic E-state index is 12.6. The standard InChI is InChI=1S/C42H85N2O6P/c1-6-8-10-12-13-14-15-16-17-18-19-20-21-22-23-24-25-26-27-28-29-30-32-33-35-41(45)40(43-42(46)36-34-31-11-9-7-2)39-50-51(47,48)49-38-37-44(3,4)5/h33,35,40-41,45H,6-32,34,36-39H2,1-5H3,(H-,43,46,47,48)/b35-33+. The van der Waals surface area contributed by atoms with E-state index in [1.807, 2.05) is 27.2 Å². The first-order chi connectivity index (χ1) is 24.5. The molecule has 0 aliphatic carbocycles. The first-order valence-corrected chi connectivity index (χ1v) is 23.0. The molecule has 0 saturated heterocycles. The summed E-state index contributed by atoms with van der Waals surface area (Å²) in [7, 11) is 1.26. The number of rotatable bonds is 39. The monoisotopic (exact) mass is 745 g/mol. The van der Waals surface area contributed by atoms with Crippen molar-refractivity contribution in [3.8, 4) is 0 Å². The van der Waals surface area contributed by atoms with Crippen molar-refractivity contribution in [3.05, 3.63) is 12.2 Å². The number of aliphatic hydroxyl groups is 1. The number of aliphatic hydroxyl groups excluding tert-OH is 1. The molecule has 0 radical (unpaired) electrons. The van der Waals surface area contributed by atoms with Crippen LogP contribution in [0.3, 0.4) is 0 Å². The van der Waals surface area contributed by atoms with Crippen LogP contribution in [0.1, 0.15) is 200 Å². The predicted molar refractivity (Wildman–Crippen MR) is 215 cm³/mol. The summed E-state index contributed by atoms with van der Waals surface area (Å²) in [5.41, 5.74) is 0. The van der Waals surface area contributed by atoms with Crippen LogP contribution in [0.4, 0.5) is 0 Å². The number of phosphoric ester groups is 1. The summed E-state index contributed by atoms with van der Waals surface area (Å²) in [6.07, 6.45) is 38.8. The van der Waals surface area contributed by atoms with Gasteiger partial charge in [-0.3, -0.25) is 9.36 Å². The van der Waals surface area contributed by atoms with E-state index < -0.39 is 20.0 Å². The number of carbonyl (C=O) groups excluding carboxylic acids is 1. The molecule has 0 aromatic rings. The van der Waals surface area contributed by atoms with Crippen LogP contribution < -0.4 is 10.2 Å². The number of unbranched alkanes of at least 4 members (excludes halogenated alkanes) is 26. The molecule has 1 amide bonds. The van der Waals surface area contributed by atoms with Crippen molar-refractivity contribution in [1.82, 2.24) is 5.32 Å². The number of hydrogen-bond acceptors (Lipinski definition) is 6. The van der Waals surface area contributed by atoms with Gasteiger partial charge in [-0.1, -0.05) is 187 Å². The minimum atomic E-state index is -4.57. The maximum absolute atomic E-state index is 12.6. The fourth-order valence-electron chi connectivity index (χ4n) is 6.27. The zero-order valence-electron chi connectivity index (χ0n) is 34.3. The molecule has 2 N–H and O–H groups in total. The Morgan fingerprint density at radius 3 is 1.47 bits per heavy atom. The number of carbonyl (C=O) groups is 1. The number of allylic oxidation sites excluding steroid dienone is 1. The van der Waals surface area contributed by atoms with Crippen molar-refractivity contribution in [2.24, 2.45) is 0 Å². The van der Waals surface area contributed by atoms with Gasteiger partial charge < -0.3 is 28.8 Å². The number of likely N-dealkylation sites (N-methyl/N-ethyl adjacent to an activating group) is 1. The van der Waals surface area contributed by atoms with Gasteiger partial charge in [-0.05, 0) is 19.3 Å². The molecule has 0 spiro atoms. The van der Waals surface area contributed by atoms with Gasteiger partial charge >= 0.3 is 0 Å². The Labute approximate surface area is 316 Å². The van der Waals surface area contributed by atoms with Crippen LogP contribution in [0.25, 0.3) is 0 Å². The highest BCUT2D eigenvalue weighted by Crippen LogP contribution is 2.38. The van der Waals surface area contributed by atoms with Crippen LogP contribution in [0, 0.1) is 0 Å². The van der Waals surface area contributed by atoms with Crippen molar-refractivity contribution < 1.29 is 32.9 Å². The first kappa shape index (κ1) is 50.2. The molecule has 0 rings (SSSR count). The van der Waals surface area contributed by atoms with E-state index >= 15 is 0 Å². The topological polar surface area (TPSA) is 108 Å². The van der Waals surface area contributed by atoms with Gasteiger partial charge in [0.1, 0.15) is 13.2 Å². The molecule has 0 aliphatic heterocycles. The van der Waals surface area contributed by atoms with Gasteiger partial charge in [0, 0.05) is 6.42 Å². The first-order valence-electron chi connectivity index (χ1n) is 21.6. The van der Waals surface area contributed by atoms with E-state index in [0.29, 0.717) is 17.4 Å². The van der Waals surface area contributed by atoms with Gasteiger partial charge in [0.15, 0.2) is 0 Å². The van der Waals surface area contributed by atoms with Crippen LogP contribution in [-0.2, 0) is 18.4 Å². The summed E-state index contributed by atoms with van der Waals surface area (Å²) in [5.74, 6) is -0.209. The van der Waals surface area contributed by atoms with E-state index in [1.54, 1.807) is 6.08 Å². The SMILES string of the molecule is CCCCCCCCCCCCCCCCCCCCCCCC/C=C/C(O)C(COP(=O)([O-])OCC[N+](C)(C)C)NC(=O)CCCCCCC. The highest BCUT2D eigenvalue weighted by Gasteiger charge is 2.23. The zero-order valence-corrected chi connectivity index (χ0v) is 35.2. The fourth-order valence-corrected chi connectivity index (χ4v) is 6.99.